The van der Waals surface area contributed by atoms with E-state index < -0.39 is 11.7 Å². The van der Waals surface area contributed by atoms with Gasteiger partial charge in [0.2, 0.25) is 5.96 Å². The molecule has 1 aliphatic rings. The van der Waals surface area contributed by atoms with Crippen molar-refractivity contribution in [2.45, 2.75) is 19.6 Å². The van der Waals surface area contributed by atoms with Crippen LogP contribution < -0.4 is 5.32 Å². The Hall–Kier alpha value is -1.85. The Labute approximate surface area is 102 Å². The largest absolute Gasteiger partial charge is 0.416 e. The van der Waals surface area contributed by atoms with Crippen LogP contribution in [0.5, 0.6) is 0 Å². The lowest BCUT2D eigenvalue weighted by Crippen LogP contribution is -2.20. The zero-order valence-corrected chi connectivity index (χ0v) is 9.75. The molecule has 6 heteroatoms. The van der Waals surface area contributed by atoms with Gasteiger partial charge >= 0.3 is 6.18 Å². The molecule has 1 aromatic rings. The lowest BCUT2D eigenvalue weighted by molar-refractivity contribution is -0.138. The van der Waals surface area contributed by atoms with Gasteiger partial charge in [0, 0.05) is 12.8 Å². The Kier molecular flexibility index (Phi) is 3.36. The summed E-state index contributed by atoms with van der Waals surface area (Å²) in [6.45, 7) is 2.24. The van der Waals surface area contributed by atoms with Crippen molar-refractivity contribution in [2.75, 3.05) is 6.54 Å². The monoisotopic (exact) mass is 255 g/mol. The fourth-order valence-electron chi connectivity index (χ4n) is 1.66. The summed E-state index contributed by atoms with van der Waals surface area (Å²) in [4.78, 5) is 7.93. The highest BCUT2D eigenvalue weighted by Crippen LogP contribution is 2.32. The van der Waals surface area contributed by atoms with Gasteiger partial charge in [-0.3, -0.25) is 0 Å². The van der Waals surface area contributed by atoms with Gasteiger partial charge in [0.1, 0.15) is 0 Å². The third-order valence-electron chi connectivity index (χ3n) is 2.59. The quantitative estimate of drug-likeness (QED) is 0.866. The van der Waals surface area contributed by atoms with Crippen LogP contribution in [0.1, 0.15) is 16.7 Å². The normalized spacial score (nSPS) is 14.8. The van der Waals surface area contributed by atoms with Crippen molar-refractivity contribution in [1.82, 2.24) is 5.32 Å². The first-order valence-electron chi connectivity index (χ1n) is 5.44. The van der Waals surface area contributed by atoms with Gasteiger partial charge in [0.25, 0.3) is 0 Å². The Balaban J connectivity index is 2.12. The minimum atomic E-state index is -4.32. The van der Waals surface area contributed by atoms with E-state index in [1.54, 1.807) is 12.3 Å². The van der Waals surface area contributed by atoms with Crippen molar-refractivity contribution in [2.24, 2.45) is 9.98 Å². The maximum absolute atomic E-state index is 12.7. The maximum atomic E-state index is 12.7. The number of aryl methyl sites for hydroxylation is 1. The first kappa shape index (κ1) is 12.6. The van der Waals surface area contributed by atoms with Gasteiger partial charge in [0.05, 0.1) is 12.1 Å². The Morgan fingerprint density at radius 1 is 1.33 bits per heavy atom. The van der Waals surface area contributed by atoms with Crippen molar-refractivity contribution in [3.63, 3.8) is 0 Å². The second kappa shape index (κ2) is 4.80. The molecule has 2 rings (SSSR count). The van der Waals surface area contributed by atoms with Crippen molar-refractivity contribution in [3.8, 4) is 0 Å². The summed E-state index contributed by atoms with van der Waals surface area (Å²) in [6.07, 6.45) is -2.68. The third-order valence-corrected chi connectivity index (χ3v) is 2.59. The molecule has 96 valence electrons. The van der Waals surface area contributed by atoms with E-state index in [1.807, 2.05) is 0 Å². The molecule has 0 saturated heterocycles. The smallest absolute Gasteiger partial charge is 0.350 e. The molecule has 0 aliphatic carbocycles. The van der Waals surface area contributed by atoms with Gasteiger partial charge in [-0.15, -0.1) is 0 Å². The second-order valence-electron chi connectivity index (χ2n) is 3.98. The van der Waals surface area contributed by atoms with E-state index in [-0.39, 0.29) is 12.1 Å². The van der Waals surface area contributed by atoms with Crippen LogP contribution in [0.15, 0.2) is 28.2 Å². The average Bonchev–Trinajstić information content (AvgIpc) is 2.79. The molecule has 1 aliphatic heterocycles. The predicted molar refractivity (Wildman–Crippen MR) is 63.8 cm³/mol. The SMILES string of the molecule is Cc1ccc(CNC2=NCC=N2)cc1C(F)(F)F. The zero-order chi connectivity index (χ0) is 13.2. The molecule has 0 aromatic heterocycles. The molecule has 0 unspecified atom stereocenters. The minimum absolute atomic E-state index is 0.225. The number of nitrogens with zero attached hydrogens (tertiary/aromatic N) is 2. The minimum Gasteiger partial charge on any atom is -0.350 e. The molecule has 0 radical (unpaired) electrons. The molecule has 0 saturated carbocycles. The molecular weight excluding hydrogens is 243 g/mol. The second-order valence-corrected chi connectivity index (χ2v) is 3.98. The first-order chi connectivity index (χ1) is 8.47. The van der Waals surface area contributed by atoms with E-state index in [4.69, 9.17) is 0 Å². The summed E-state index contributed by atoms with van der Waals surface area (Å²) in [6, 6.07) is 4.29. The molecule has 1 heterocycles. The van der Waals surface area contributed by atoms with E-state index in [9.17, 15) is 13.2 Å². The summed E-state index contributed by atoms with van der Waals surface area (Å²) in [5.41, 5.74) is 0.180. The fraction of sp³-hybridized carbons (Fsp3) is 0.333. The first-order valence-corrected chi connectivity index (χ1v) is 5.44. The van der Waals surface area contributed by atoms with E-state index in [1.165, 1.54) is 13.0 Å². The lowest BCUT2D eigenvalue weighted by atomic mass is 10.0. The Morgan fingerprint density at radius 3 is 2.72 bits per heavy atom. The molecule has 0 bridgehead atoms. The van der Waals surface area contributed by atoms with E-state index in [0.29, 0.717) is 18.1 Å². The molecule has 1 N–H and O–H groups in total. The average molecular weight is 255 g/mol. The van der Waals surface area contributed by atoms with Crippen molar-refractivity contribution >= 4 is 12.2 Å². The highest BCUT2D eigenvalue weighted by Gasteiger charge is 2.32. The molecule has 0 spiro atoms. The van der Waals surface area contributed by atoms with E-state index in [2.05, 4.69) is 15.3 Å². The van der Waals surface area contributed by atoms with Gasteiger partial charge in [-0.25, -0.2) is 9.98 Å². The van der Waals surface area contributed by atoms with Crippen LogP contribution in [-0.2, 0) is 12.7 Å². The summed E-state index contributed by atoms with van der Waals surface area (Å²) >= 11 is 0. The number of nitrogens with one attached hydrogen (secondary N) is 1. The standard InChI is InChI=1S/C12H12F3N3/c1-8-2-3-9(6-10(8)12(13,14)15)7-18-11-16-4-5-17-11/h2-4,6H,5,7H2,1H3,(H,17,18). The van der Waals surface area contributed by atoms with Gasteiger partial charge in [-0.2, -0.15) is 13.2 Å². The van der Waals surface area contributed by atoms with Gasteiger partial charge in [-0.1, -0.05) is 12.1 Å². The van der Waals surface area contributed by atoms with Crippen molar-refractivity contribution in [3.05, 3.63) is 34.9 Å². The number of hydrogen-bond donors (Lipinski definition) is 1. The summed E-state index contributed by atoms with van der Waals surface area (Å²) in [7, 11) is 0. The van der Waals surface area contributed by atoms with Crippen molar-refractivity contribution < 1.29 is 13.2 Å². The van der Waals surface area contributed by atoms with Gasteiger partial charge < -0.3 is 5.32 Å². The van der Waals surface area contributed by atoms with Crippen LogP contribution >= 0.6 is 0 Å². The maximum Gasteiger partial charge on any atom is 0.416 e. The summed E-state index contributed by atoms with van der Waals surface area (Å²) in [5, 5.41) is 2.88. The molecule has 18 heavy (non-hydrogen) atoms. The highest BCUT2D eigenvalue weighted by atomic mass is 19.4. The molecule has 0 fully saturated rings. The predicted octanol–water partition coefficient (Wildman–Crippen LogP) is 2.54. The Morgan fingerprint density at radius 2 is 2.11 bits per heavy atom. The Bertz CT molecular complexity index is 504. The molecular formula is C12H12F3N3. The number of alkyl halides is 3. The number of hydrogen-bond acceptors (Lipinski definition) is 3. The van der Waals surface area contributed by atoms with Crippen LogP contribution in [0.4, 0.5) is 13.2 Å². The van der Waals surface area contributed by atoms with Crippen LogP contribution in [0.2, 0.25) is 0 Å². The van der Waals surface area contributed by atoms with Crippen LogP contribution in [0.25, 0.3) is 0 Å². The number of halogens is 3. The number of aliphatic imine (C=N–C) groups is 2. The number of rotatable bonds is 2. The number of benzene rings is 1. The molecule has 0 atom stereocenters. The molecule has 0 amide bonds. The van der Waals surface area contributed by atoms with Gasteiger partial charge in [0.15, 0.2) is 0 Å². The van der Waals surface area contributed by atoms with E-state index >= 15 is 0 Å². The summed E-state index contributed by atoms with van der Waals surface area (Å²) in [5.74, 6) is 0.462. The lowest BCUT2D eigenvalue weighted by Gasteiger charge is -2.12. The van der Waals surface area contributed by atoms with Crippen LogP contribution in [0.3, 0.4) is 0 Å². The molecule has 1 aromatic carbocycles. The number of guanidine groups is 1. The molecule has 3 nitrogen and oxygen atoms in total. The fourth-order valence-corrected chi connectivity index (χ4v) is 1.66. The van der Waals surface area contributed by atoms with Gasteiger partial charge in [-0.05, 0) is 24.1 Å². The highest BCUT2D eigenvalue weighted by molar-refractivity contribution is 5.92. The summed E-state index contributed by atoms with van der Waals surface area (Å²) < 4.78 is 38.1. The topological polar surface area (TPSA) is 36.8 Å². The van der Waals surface area contributed by atoms with E-state index in [0.717, 1.165) is 6.07 Å². The van der Waals surface area contributed by atoms with Crippen LogP contribution in [-0.4, -0.2) is 18.7 Å². The van der Waals surface area contributed by atoms with Crippen molar-refractivity contribution in [1.29, 1.82) is 0 Å². The zero-order valence-electron chi connectivity index (χ0n) is 9.75. The van der Waals surface area contributed by atoms with Crippen LogP contribution in [0, 0.1) is 6.92 Å². The third kappa shape index (κ3) is 2.88.